The molecular weight excluding hydrogens is 304 g/mol. The number of carbonyl (C=O) groups excluding carboxylic acids is 2. The summed E-state index contributed by atoms with van der Waals surface area (Å²) in [6.45, 7) is 1.78. The van der Waals surface area contributed by atoms with Crippen molar-refractivity contribution < 1.29 is 14.3 Å². The highest BCUT2D eigenvalue weighted by molar-refractivity contribution is 6.03. The third-order valence-electron chi connectivity index (χ3n) is 4.85. The minimum atomic E-state index is -0.561. The average molecular weight is 330 g/mol. The van der Waals surface area contributed by atoms with Crippen LogP contribution in [0.15, 0.2) is 24.3 Å². The Morgan fingerprint density at radius 3 is 2.58 bits per heavy atom. The van der Waals surface area contributed by atoms with Crippen LogP contribution in [0.5, 0.6) is 5.75 Å². The van der Waals surface area contributed by atoms with Gasteiger partial charge in [-0.2, -0.15) is 0 Å². The van der Waals surface area contributed by atoms with Crippen molar-refractivity contribution in [3.63, 3.8) is 0 Å². The quantitative estimate of drug-likeness (QED) is 0.927. The Labute approximate surface area is 143 Å². The second-order valence-corrected chi connectivity index (χ2v) is 6.76. The van der Waals surface area contributed by atoms with E-state index in [9.17, 15) is 9.59 Å². The number of carbonyl (C=O) groups is 2. The largest absolute Gasteiger partial charge is 0.479 e. The first-order valence-electron chi connectivity index (χ1n) is 9.01. The van der Waals surface area contributed by atoms with Gasteiger partial charge in [-0.05, 0) is 31.9 Å². The standard InChI is InChI=1S/C19H26N2O3/c1-14-19(23)21(16-11-7-8-12-17(16)24-14)13-18(22)20-15-9-5-3-2-4-6-10-15/h7-8,11-12,14-15H,2-6,9-10,13H2,1H3,(H,20,22). The maximum absolute atomic E-state index is 12.5. The highest BCUT2D eigenvalue weighted by Crippen LogP contribution is 2.33. The molecule has 1 heterocycles. The zero-order valence-corrected chi connectivity index (χ0v) is 14.3. The molecule has 130 valence electrons. The second kappa shape index (κ2) is 7.69. The normalized spacial score (nSPS) is 22.1. The first kappa shape index (κ1) is 16.8. The molecule has 0 saturated heterocycles. The van der Waals surface area contributed by atoms with Crippen molar-refractivity contribution in [3.8, 4) is 5.75 Å². The van der Waals surface area contributed by atoms with Gasteiger partial charge in [-0.25, -0.2) is 0 Å². The summed E-state index contributed by atoms with van der Waals surface area (Å²) in [5.74, 6) is 0.405. The fraction of sp³-hybridized carbons (Fsp3) is 0.579. The lowest BCUT2D eigenvalue weighted by Gasteiger charge is -2.33. The average Bonchev–Trinajstić information content (AvgIpc) is 2.54. The van der Waals surface area contributed by atoms with E-state index in [4.69, 9.17) is 4.74 Å². The fourth-order valence-corrected chi connectivity index (χ4v) is 3.54. The third-order valence-corrected chi connectivity index (χ3v) is 4.85. The first-order valence-corrected chi connectivity index (χ1v) is 9.01. The number of benzene rings is 1. The van der Waals surface area contributed by atoms with E-state index in [2.05, 4.69) is 5.32 Å². The molecule has 1 N–H and O–H groups in total. The van der Waals surface area contributed by atoms with Crippen LogP contribution in [0.3, 0.4) is 0 Å². The Morgan fingerprint density at radius 1 is 1.17 bits per heavy atom. The lowest BCUT2D eigenvalue weighted by atomic mass is 9.97. The Hall–Kier alpha value is -2.04. The van der Waals surface area contributed by atoms with Crippen molar-refractivity contribution in [1.29, 1.82) is 0 Å². The number of ether oxygens (including phenoxy) is 1. The molecule has 1 aromatic rings. The van der Waals surface area contributed by atoms with Gasteiger partial charge in [-0.3, -0.25) is 14.5 Å². The number of amides is 2. The Balaban J connectivity index is 1.65. The van der Waals surface area contributed by atoms with E-state index < -0.39 is 6.10 Å². The molecule has 5 nitrogen and oxygen atoms in total. The summed E-state index contributed by atoms with van der Waals surface area (Å²) in [5, 5.41) is 3.13. The maximum Gasteiger partial charge on any atom is 0.268 e. The van der Waals surface area contributed by atoms with Crippen LogP contribution in [0, 0.1) is 0 Å². The highest BCUT2D eigenvalue weighted by atomic mass is 16.5. The van der Waals surface area contributed by atoms with Crippen LogP contribution >= 0.6 is 0 Å². The van der Waals surface area contributed by atoms with Crippen LogP contribution in [0.4, 0.5) is 5.69 Å². The molecule has 0 aromatic heterocycles. The van der Waals surface area contributed by atoms with E-state index in [1.54, 1.807) is 11.8 Å². The van der Waals surface area contributed by atoms with E-state index in [0.29, 0.717) is 11.4 Å². The lowest BCUT2D eigenvalue weighted by Crippen LogP contribution is -2.50. The third kappa shape index (κ3) is 3.89. The lowest BCUT2D eigenvalue weighted by molar-refractivity contribution is -0.128. The number of anilines is 1. The van der Waals surface area contributed by atoms with Crippen LogP contribution in [-0.2, 0) is 9.59 Å². The molecular formula is C19H26N2O3. The molecule has 24 heavy (non-hydrogen) atoms. The van der Waals surface area contributed by atoms with Gasteiger partial charge in [0.15, 0.2) is 6.10 Å². The van der Waals surface area contributed by atoms with Gasteiger partial charge in [0.2, 0.25) is 5.91 Å². The van der Waals surface area contributed by atoms with Crippen molar-refractivity contribution in [2.75, 3.05) is 11.4 Å². The van der Waals surface area contributed by atoms with Gasteiger partial charge in [0.05, 0.1) is 5.69 Å². The zero-order valence-electron chi connectivity index (χ0n) is 14.3. The van der Waals surface area contributed by atoms with E-state index in [0.717, 1.165) is 12.8 Å². The van der Waals surface area contributed by atoms with Crippen molar-refractivity contribution >= 4 is 17.5 Å². The predicted octanol–water partition coefficient (Wildman–Crippen LogP) is 3.03. The zero-order chi connectivity index (χ0) is 16.9. The number of rotatable bonds is 3. The molecule has 3 rings (SSSR count). The molecule has 1 aromatic carbocycles. The number of nitrogens with one attached hydrogen (secondary N) is 1. The monoisotopic (exact) mass is 330 g/mol. The molecule has 1 saturated carbocycles. The Bertz CT molecular complexity index is 594. The van der Waals surface area contributed by atoms with Gasteiger partial charge < -0.3 is 10.1 Å². The Morgan fingerprint density at radius 2 is 1.83 bits per heavy atom. The van der Waals surface area contributed by atoms with E-state index >= 15 is 0 Å². The Kier molecular flexibility index (Phi) is 5.38. The van der Waals surface area contributed by atoms with E-state index in [1.807, 2.05) is 24.3 Å². The summed E-state index contributed by atoms with van der Waals surface area (Å²) < 4.78 is 5.61. The molecule has 5 heteroatoms. The summed E-state index contributed by atoms with van der Waals surface area (Å²) in [7, 11) is 0. The molecule has 1 unspecified atom stereocenters. The van der Waals surface area contributed by atoms with Gasteiger partial charge >= 0.3 is 0 Å². The molecule has 2 aliphatic rings. The molecule has 1 atom stereocenters. The predicted molar refractivity (Wildman–Crippen MR) is 93.1 cm³/mol. The molecule has 0 radical (unpaired) electrons. The van der Waals surface area contributed by atoms with Crippen LogP contribution < -0.4 is 15.0 Å². The van der Waals surface area contributed by atoms with Gasteiger partial charge in [0.25, 0.3) is 5.91 Å². The number of hydrogen-bond acceptors (Lipinski definition) is 3. The number of fused-ring (bicyclic) bond motifs is 1. The fourth-order valence-electron chi connectivity index (χ4n) is 3.54. The number of para-hydroxylation sites is 2. The minimum absolute atomic E-state index is 0.0556. The summed E-state index contributed by atoms with van der Waals surface area (Å²) in [6, 6.07) is 7.61. The van der Waals surface area contributed by atoms with Gasteiger partial charge in [-0.15, -0.1) is 0 Å². The molecule has 1 fully saturated rings. The van der Waals surface area contributed by atoms with E-state index in [1.165, 1.54) is 32.1 Å². The SMILES string of the molecule is CC1Oc2ccccc2N(CC(=O)NC2CCCCCCC2)C1=O. The molecule has 1 aliphatic heterocycles. The van der Waals surface area contributed by atoms with Crippen molar-refractivity contribution in [2.45, 2.75) is 64.0 Å². The van der Waals surface area contributed by atoms with Crippen LogP contribution in [0.1, 0.15) is 51.9 Å². The number of hydrogen-bond donors (Lipinski definition) is 1. The molecule has 0 bridgehead atoms. The molecule has 1 aliphatic carbocycles. The summed E-state index contributed by atoms with van der Waals surface area (Å²) in [5.41, 5.74) is 0.674. The smallest absolute Gasteiger partial charge is 0.268 e. The first-order chi connectivity index (χ1) is 11.6. The summed E-state index contributed by atoms with van der Waals surface area (Å²) in [6.07, 6.45) is 7.65. The van der Waals surface area contributed by atoms with Crippen LogP contribution in [-0.4, -0.2) is 30.5 Å². The highest BCUT2D eigenvalue weighted by Gasteiger charge is 2.32. The molecule has 2 amide bonds. The van der Waals surface area contributed by atoms with Crippen molar-refractivity contribution in [1.82, 2.24) is 5.32 Å². The van der Waals surface area contributed by atoms with Crippen LogP contribution in [0.25, 0.3) is 0 Å². The topological polar surface area (TPSA) is 58.6 Å². The van der Waals surface area contributed by atoms with Gasteiger partial charge in [0, 0.05) is 6.04 Å². The van der Waals surface area contributed by atoms with Crippen molar-refractivity contribution in [3.05, 3.63) is 24.3 Å². The maximum atomic E-state index is 12.5. The van der Waals surface area contributed by atoms with Gasteiger partial charge in [0.1, 0.15) is 12.3 Å². The van der Waals surface area contributed by atoms with E-state index in [-0.39, 0.29) is 24.4 Å². The summed E-state index contributed by atoms with van der Waals surface area (Å²) in [4.78, 5) is 26.5. The molecule has 0 spiro atoms. The van der Waals surface area contributed by atoms with Crippen molar-refractivity contribution in [2.24, 2.45) is 0 Å². The second-order valence-electron chi connectivity index (χ2n) is 6.76. The minimum Gasteiger partial charge on any atom is -0.479 e. The summed E-state index contributed by atoms with van der Waals surface area (Å²) >= 11 is 0. The van der Waals surface area contributed by atoms with Crippen LogP contribution in [0.2, 0.25) is 0 Å². The van der Waals surface area contributed by atoms with Gasteiger partial charge in [-0.1, -0.05) is 44.2 Å². The number of nitrogens with zero attached hydrogens (tertiary/aromatic N) is 1.